The summed E-state index contributed by atoms with van der Waals surface area (Å²) in [6.07, 6.45) is 5.17. The quantitative estimate of drug-likeness (QED) is 0.829. The first-order valence-corrected chi connectivity index (χ1v) is 9.14. The van der Waals surface area contributed by atoms with E-state index in [4.69, 9.17) is 18.9 Å². The van der Waals surface area contributed by atoms with Crippen LogP contribution in [0.25, 0.3) is 0 Å². The number of ether oxygens (including phenoxy) is 4. The van der Waals surface area contributed by atoms with Crippen LogP contribution in [0.5, 0.6) is 11.5 Å². The molecule has 0 unspecified atom stereocenters. The first-order valence-electron chi connectivity index (χ1n) is 9.14. The number of hydrogen-bond acceptors (Lipinski definition) is 5. The lowest BCUT2D eigenvalue weighted by atomic mass is 9.98. The van der Waals surface area contributed by atoms with Gasteiger partial charge in [-0.2, -0.15) is 0 Å². The Hall–Kier alpha value is -1.30. The molecule has 1 spiro atoms. The summed E-state index contributed by atoms with van der Waals surface area (Å²) in [4.78, 5) is 2.49. The van der Waals surface area contributed by atoms with E-state index in [1.807, 2.05) is 6.07 Å². The lowest BCUT2D eigenvalue weighted by Gasteiger charge is -2.23. The van der Waals surface area contributed by atoms with E-state index in [-0.39, 0.29) is 5.60 Å². The fraction of sp³-hybridized carbons (Fsp3) is 0.684. The average molecular weight is 331 g/mol. The summed E-state index contributed by atoms with van der Waals surface area (Å²) < 4.78 is 23.1. The highest BCUT2D eigenvalue weighted by Gasteiger charge is 2.46. The zero-order valence-corrected chi connectivity index (χ0v) is 14.0. The predicted octanol–water partition coefficient (Wildman–Crippen LogP) is 2.58. The van der Waals surface area contributed by atoms with Crippen LogP contribution in [-0.4, -0.2) is 49.7 Å². The minimum atomic E-state index is 0.0184. The highest BCUT2D eigenvalue weighted by Crippen LogP contribution is 2.39. The van der Waals surface area contributed by atoms with E-state index in [1.165, 1.54) is 18.4 Å². The topological polar surface area (TPSA) is 40.2 Å². The molecule has 1 aromatic rings. The first-order chi connectivity index (χ1) is 11.8. The third kappa shape index (κ3) is 3.01. The maximum atomic E-state index is 6.20. The predicted molar refractivity (Wildman–Crippen MR) is 88.2 cm³/mol. The molecular formula is C19H25NO4. The van der Waals surface area contributed by atoms with Crippen LogP contribution in [0, 0.1) is 5.92 Å². The first kappa shape index (κ1) is 15.0. The van der Waals surface area contributed by atoms with E-state index >= 15 is 0 Å². The Balaban J connectivity index is 1.17. The zero-order chi connectivity index (χ0) is 16.0. The summed E-state index contributed by atoms with van der Waals surface area (Å²) in [5, 5.41) is 0. The van der Waals surface area contributed by atoms with Crippen LogP contribution in [0.15, 0.2) is 18.2 Å². The van der Waals surface area contributed by atoms with Crippen molar-refractivity contribution in [3.63, 3.8) is 0 Å². The third-order valence-electron chi connectivity index (χ3n) is 5.68. The molecule has 0 radical (unpaired) electrons. The third-order valence-corrected chi connectivity index (χ3v) is 5.68. The fourth-order valence-electron chi connectivity index (χ4n) is 4.11. The highest BCUT2D eigenvalue weighted by molar-refractivity contribution is 5.44. The van der Waals surface area contributed by atoms with Crippen LogP contribution in [0.3, 0.4) is 0 Å². The van der Waals surface area contributed by atoms with Gasteiger partial charge in [-0.3, -0.25) is 4.90 Å². The minimum Gasteiger partial charge on any atom is -0.454 e. The second-order valence-corrected chi connectivity index (χ2v) is 7.75. The number of benzene rings is 1. The molecule has 0 N–H and O–H groups in total. The largest absolute Gasteiger partial charge is 0.454 e. The molecule has 1 aliphatic carbocycles. The summed E-state index contributed by atoms with van der Waals surface area (Å²) in [6.45, 7) is 5.07. The number of nitrogens with zero attached hydrogens (tertiary/aromatic N) is 1. The van der Waals surface area contributed by atoms with Gasteiger partial charge in [0.25, 0.3) is 0 Å². The zero-order valence-electron chi connectivity index (χ0n) is 14.0. The smallest absolute Gasteiger partial charge is 0.231 e. The van der Waals surface area contributed by atoms with Crippen molar-refractivity contribution in [2.75, 3.05) is 33.1 Å². The maximum Gasteiger partial charge on any atom is 0.231 e. The summed E-state index contributed by atoms with van der Waals surface area (Å²) >= 11 is 0. The van der Waals surface area contributed by atoms with E-state index < -0.39 is 0 Å². The Morgan fingerprint density at radius 3 is 3.04 bits per heavy atom. The van der Waals surface area contributed by atoms with Gasteiger partial charge < -0.3 is 18.9 Å². The van der Waals surface area contributed by atoms with Crippen LogP contribution in [0.4, 0.5) is 0 Å². The van der Waals surface area contributed by atoms with Gasteiger partial charge in [0.05, 0.1) is 18.3 Å². The lowest BCUT2D eigenvalue weighted by molar-refractivity contribution is 0.000854. The highest BCUT2D eigenvalue weighted by atomic mass is 16.7. The molecular weight excluding hydrogens is 306 g/mol. The monoisotopic (exact) mass is 331 g/mol. The number of likely N-dealkylation sites (tertiary alicyclic amines) is 1. The van der Waals surface area contributed by atoms with Gasteiger partial charge in [-0.25, -0.2) is 0 Å². The molecule has 2 saturated heterocycles. The Kier molecular flexibility index (Phi) is 3.69. The molecule has 1 saturated carbocycles. The molecule has 0 aromatic heterocycles. The molecule has 0 amide bonds. The Morgan fingerprint density at radius 2 is 2.12 bits per heavy atom. The fourth-order valence-corrected chi connectivity index (χ4v) is 4.11. The van der Waals surface area contributed by atoms with Crippen molar-refractivity contribution >= 4 is 0 Å². The van der Waals surface area contributed by atoms with E-state index in [9.17, 15) is 0 Å². The molecule has 130 valence electrons. The Labute approximate surface area is 142 Å². The molecule has 2 atom stereocenters. The second kappa shape index (κ2) is 5.90. The van der Waals surface area contributed by atoms with Crippen LogP contribution in [0.2, 0.25) is 0 Å². The maximum absolute atomic E-state index is 6.20. The van der Waals surface area contributed by atoms with Crippen molar-refractivity contribution in [1.29, 1.82) is 0 Å². The van der Waals surface area contributed by atoms with Crippen molar-refractivity contribution in [2.45, 2.75) is 43.9 Å². The van der Waals surface area contributed by atoms with E-state index in [2.05, 4.69) is 17.0 Å². The molecule has 24 heavy (non-hydrogen) atoms. The van der Waals surface area contributed by atoms with Gasteiger partial charge in [0, 0.05) is 32.7 Å². The lowest BCUT2D eigenvalue weighted by Crippen LogP contribution is -2.33. The van der Waals surface area contributed by atoms with Gasteiger partial charge in [0.2, 0.25) is 6.79 Å². The van der Waals surface area contributed by atoms with Gasteiger partial charge in [0.1, 0.15) is 0 Å². The summed E-state index contributed by atoms with van der Waals surface area (Å²) in [6, 6.07) is 6.25. The summed E-state index contributed by atoms with van der Waals surface area (Å²) in [5.41, 5.74) is 1.29. The molecule has 3 heterocycles. The van der Waals surface area contributed by atoms with Crippen LogP contribution < -0.4 is 9.47 Å². The normalized spacial score (nSPS) is 32.1. The number of rotatable bonds is 5. The Morgan fingerprint density at radius 1 is 1.21 bits per heavy atom. The summed E-state index contributed by atoms with van der Waals surface area (Å²) in [5.74, 6) is 2.55. The average Bonchev–Trinajstić information content (AvgIpc) is 2.99. The van der Waals surface area contributed by atoms with E-state index in [0.29, 0.717) is 12.9 Å². The van der Waals surface area contributed by atoms with Crippen LogP contribution in [-0.2, 0) is 16.0 Å². The molecule has 5 rings (SSSR count). The van der Waals surface area contributed by atoms with E-state index in [1.54, 1.807) is 0 Å². The van der Waals surface area contributed by atoms with Gasteiger partial charge in [-0.05, 0) is 42.9 Å². The van der Waals surface area contributed by atoms with Crippen molar-refractivity contribution in [3.8, 4) is 11.5 Å². The molecule has 1 aromatic carbocycles. The second-order valence-electron chi connectivity index (χ2n) is 7.75. The molecule has 5 nitrogen and oxygen atoms in total. The Bertz CT molecular complexity index is 617. The van der Waals surface area contributed by atoms with Crippen molar-refractivity contribution in [2.24, 2.45) is 5.92 Å². The van der Waals surface area contributed by atoms with Crippen LogP contribution >= 0.6 is 0 Å². The van der Waals surface area contributed by atoms with Gasteiger partial charge in [-0.15, -0.1) is 0 Å². The molecule has 0 bridgehead atoms. The minimum absolute atomic E-state index is 0.0184. The standard InChI is InChI=1S/C19H25NO4/c1-2-14(1)10-21-16-8-19(24-11-16)5-6-20(12-19)9-15-3-4-17-18(7-15)23-13-22-17/h3-4,7,14,16H,1-2,5-6,8-13H2/t16-,19+/m1/s1. The molecule has 5 heteroatoms. The van der Waals surface area contributed by atoms with Crippen molar-refractivity contribution in [1.82, 2.24) is 4.90 Å². The summed E-state index contributed by atoms with van der Waals surface area (Å²) in [7, 11) is 0. The van der Waals surface area contributed by atoms with Crippen molar-refractivity contribution < 1.29 is 18.9 Å². The molecule has 4 aliphatic rings. The van der Waals surface area contributed by atoms with Crippen LogP contribution in [0.1, 0.15) is 31.2 Å². The number of fused-ring (bicyclic) bond motifs is 1. The van der Waals surface area contributed by atoms with Gasteiger partial charge in [-0.1, -0.05) is 6.07 Å². The number of hydrogen-bond donors (Lipinski definition) is 0. The molecule has 3 fully saturated rings. The van der Waals surface area contributed by atoms with Crippen molar-refractivity contribution in [3.05, 3.63) is 23.8 Å². The molecule has 3 aliphatic heterocycles. The SMILES string of the molecule is c1cc2c(cc1CN1CC[C@]3(C[C@@H](OCC4CC4)CO3)C1)OCO2. The van der Waals surface area contributed by atoms with Gasteiger partial charge >= 0.3 is 0 Å². The van der Waals surface area contributed by atoms with Gasteiger partial charge in [0.15, 0.2) is 11.5 Å². The van der Waals surface area contributed by atoms with E-state index in [0.717, 1.165) is 63.1 Å².